The second-order valence-corrected chi connectivity index (χ2v) is 2.57. The first kappa shape index (κ1) is 10.5. The Morgan fingerprint density at radius 3 is 2.79 bits per heavy atom. The molecule has 0 aromatic carbocycles. The van der Waals surface area contributed by atoms with E-state index in [1.807, 2.05) is 0 Å². The highest BCUT2D eigenvalue weighted by Crippen LogP contribution is 2.17. The van der Waals surface area contributed by atoms with Gasteiger partial charge in [0.05, 0.1) is 14.2 Å². The average Bonchev–Trinajstić information content (AvgIpc) is 2.16. The summed E-state index contributed by atoms with van der Waals surface area (Å²) in [5.74, 6) is 0.404. The molecule has 0 aliphatic heterocycles. The van der Waals surface area contributed by atoms with Gasteiger partial charge < -0.3 is 15.2 Å². The van der Waals surface area contributed by atoms with Crippen molar-refractivity contribution in [3.05, 3.63) is 11.2 Å². The molecule has 76 valence electrons. The van der Waals surface area contributed by atoms with Gasteiger partial charge >= 0.3 is 0 Å². The van der Waals surface area contributed by atoms with Gasteiger partial charge in [0, 0.05) is 6.07 Å². The Kier molecular flexibility index (Phi) is 3.47. The van der Waals surface area contributed by atoms with Crippen molar-refractivity contribution < 1.29 is 9.47 Å². The highest BCUT2D eigenvalue weighted by atomic mass is 35.5. The van der Waals surface area contributed by atoms with Crippen molar-refractivity contribution in [2.45, 2.75) is 0 Å². The molecule has 0 spiro atoms. The van der Waals surface area contributed by atoms with Gasteiger partial charge in [-0.15, -0.1) is 0 Å². The molecule has 7 heteroatoms. The van der Waals surface area contributed by atoms with Crippen molar-refractivity contribution in [1.29, 1.82) is 0 Å². The minimum atomic E-state index is -0.0469. The van der Waals surface area contributed by atoms with Crippen LogP contribution >= 0.6 is 11.6 Å². The van der Waals surface area contributed by atoms with Crippen LogP contribution in [0.25, 0.3) is 0 Å². The zero-order valence-corrected chi connectivity index (χ0v) is 8.45. The molecule has 6 nitrogen and oxygen atoms in total. The molecule has 14 heavy (non-hydrogen) atoms. The van der Waals surface area contributed by atoms with E-state index in [0.29, 0.717) is 5.88 Å². The molecule has 0 saturated heterocycles. The molecular weight excluding hydrogens is 208 g/mol. The largest absolute Gasteiger partial charge is 0.481 e. The number of aromatic nitrogens is 2. The number of halogens is 1. The van der Waals surface area contributed by atoms with E-state index in [4.69, 9.17) is 22.1 Å². The predicted molar refractivity (Wildman–Crippen MR) is 51.9 cm³/mol. The van der Waals surface area contributed by atoms with Gasteiger partial charge in [-0.25, -0.2) is 0 Å². The number of amidine groups is 1. The fraction of sp³-hybridized carbons (Fsp3) is 0.286. The lowest BCUT2D eigenvalue weighted by atomic mass is 10.6. The van der Waals surface area contributed by atoms with E-state index in [2.05, 4.69) is 19.7 Å². The quantitative estimate of drug-likeness (QED) is 0.448. The van der Waals surface area contributed by atoms with Crippen molar-refractivity contribution in [3.63, 3.8) is 0 Å². The van der Waals surface area contributed by atoms with Crippen LogP contribution in [-0.4, -0.2) is 30.2 Å². The Balaban J connectivity index is 3.03. The van der Waals surface area contributed by atoms with E-state index in [9.17, 15) is 0 Å². The van der Waals surface area contributed by atoms with Crippen molar-refractivity contribution >= 4 is 23.6 Å². The Hall–Kier alpha value is -1.56. The van der Waals surface area contributed by atoms with Crippen molar-refractivity contribution in [1.82, 2.24) is 9.97 Å². The number of methoxy groups -OCH3 is 2. The summed E-state index contributed by atoms with van der Waals surface area (Å²) in [6, 6.07) is 1.41. The molecule has 1 aromatic rings. The maximum atomic E-state index is 5.67. The third-order valence-electron chi connectivity index (χ3n) is 1.29. The number of nitrogens with zero attached hydrogens (tertiary/aromatic N) is 3. The summed E-state index contributed by atoms with van der Waals surface area (Å²) < 4.78 is 9.50. The predicted octanol–water partition coefficient (Wildman–Crippen LogP) is 0.731. The third-order valence-corrected chi connectivity index (χ3v) is 1.48. The normalized spacial score (nSPS) is 11.2. The molecule has 0 bridgehead atoms. The standard InChI is InChI=1S/C7H9ClN4O2/c1-13-5-3-4(8)10-7(11-5)12-6(9)14-2/h3H,1-2H3,(H2,9,10,11,12). The molecular formula is C7H9ClN4O2. The van der Waals surface area contributed by atoms with E-state index in [0.717, 1.165) is 0 Å². The van der Waals surface area contributed by atoms with Gasteiger partial charge in [0.2, 0.25) is 5.88 Å². The minimum Gasteiger partial charge on any atom is -0.481 e. The topological polar surface area (TPSA) is 82.6 Å². The highest BCUT2D eigenvalue weighted by molar-refractivity contribution is 6.29. The SMILES string of the molecule is CO/C(N)=N\c1nc(Cl)cc(OC)n1. The van der Waals surface area contributed by atoms with Gasteiger partial charge in [-0.3, -0.25) is 0 Å². The zero-order valence-electron chi connectivity index (χ0n) is 7.69. The van der Waals surface area contributed by atoms with Gasteiger partial charge in [0.15, 0.2) is 0 Å². The summed E-state index contributed by atoms with van der Waals surface area (Å²) in [6.07, 6.45) is 0. The van der Waals surface area contributed by atoms with Crippen molar-refractivity contribution in [2.75, 3.05) is 14.2 Å². The lowest BCUT2D eigenvalue weighted by Crippen LogP contribution is -2.13. The van der Waals surface area contributed by atoms with E-state index in [-0.39, 0.29) is 17.1 Å². The van der Waals surface area contributed by atoms with E-state index in [1.54, 1.807) is 0 Å². The van der Waals surface area contributed by atoms with Gasteiger partial charge in [-0.05, 0) is 0 Å². The van der Waals surface area contributed by atoms with Crippen molar-refractivity contribution in [3.8, 4) is 5.88 Å². The zero-order chi connectivity index (χ0) is 10.6. The number of hydrogen-bond donors (Lipinski definition) is 1. The number of rotatable bonds is 2. The molecule has 1 rings (SSSR count). The molecule has 2 N–H and O–H groups in total. The Labute approximate surface area is 85.7 Å². The maximum absolute atomic E-state index is 5.67. The Morgan fingerprint density at radius 2 is 2.21 bits per heavy atom. The van der Waals surface area contributed by atoms with Crippen LogP contribution in [0.4, 0.5) is 5.95 Å². The average molecular weight is 217 g/mol. The van der Waals surface area contributed by atoms with Gasteiger partial charge in [-0.2, -0.15) is 15.0 Å². The first-order valence-electron chi connectivity index (χ1n) is 3.62. The maximum Gasteiger partial charge on any atom is 0.289 e. The number of aliphatic imine (C=N–C) groups is 1. The summed E-state index contributed by atoms with van der Waals surface area (Å²) >= 11 is 5.67. The number of ether oxygens (including phenoxy) is 2. The molecule has 1 heterocycles. The van der Waals surface area contributed by atoms with Crippen LogP contribution in [0.5, 0.6) is 5.88 Å². The number of hydrogen-bond acceptors (Lipinski definition) is 5. The van der Waals surface area contributed by atoms with E-state index < -0.39 is 0 Å². The fourth-order valence-corrected chi connectivity index (χ4v) is 0.853. The van der Waals surface area contributed by atoms with Gasteiger partial charge in [0.1, 0.15) is 5.15 Å². The fourth-order valence-electron chi connectivity index (χ4n) is 0.684. The van der Waals surface area contributed by atoms with E-state index in [1.165, 1.54) is 20.3 Å². The van der Waals surface area contributed by atoms with E-state index >= 15 is 0 Å². The van der Waals surface area contributed by atoms with Crippen LogP contribution in [0.15, 0.2) is 11.1 Å². The first-order valence-corrected chi connectivity index (χ1v) is 4.00. The summed E-state index contributed by atoms with van der Waals surface area (Å²) in [6.45, 7) is 0. The second-order valence-electron chi connectivity index (χ2n) is 2.19. The minimum absolute atomic E-state index is 0.0469. The number of nitrogens with two attached hydrogens (primary N) is 1. The Bertz CT molecular complexity index is 356. The summed E-state index contributed by atoms with van der Waals surface area (Å²) in [5.41, 5.74) is 5.31. The summed E-state index contributed by atoms with van der Waals surface area (Å²) in [4.78, 5) is 11.4. The molecule has 0 fully saturated rings. The summed E-state index contributed by atoms with van der Waals surface area (Å²) in [7, 11) is 2.85. The van der Waals surface area contributed by atoms with Crippen molar-refractivity contribution in [2.24, 2.45) is 10.7 Å². The smallest absolute Gasteiger partial charge is 0.289 e. The monoisotopic (exact) mass is 216 g/mol. The van der Waals surface area contributed by atoms with Crippen LogP contribution in [0, 0.1) is 0 Å². The van der Waals surface area contributed by atoms with Gasteiger partial charge in [-0.1, -0.05) is 11.6 Å². The Morgan fingerprint density at radius 1 is 1.50 bits per heavy atom. The molecule has 0 atom stereocenters. The van der Waals surface area contributed by atoms with Crippen LogP contribution < -0.4 is 10.5 Å². The van der Waals surface area contributed by atoms with Crippen LogP contribution in [0.3, 0.4) is 0 Å². The van der Waals surface area contributed by atoms with Crippen LogP contribution in [0.1, 0.15) is 0 Å². The highest BCUT2D eigenvalue weighted by Gasteiger charge is 2.02. The summed E-state index contributed by atoms with van der Waals surface area (Å²) in [5, 5.41) is 0.222. The molecule has 0 unspecified atom stereocenters. The molecule has 0 aliphatic carbocycles. The third kappa shape index (κ3) is 2.74. The lowest BCUT2D eigenvalue weighted by Gasteiger charge is -2.00. The van der Waals surface area contributed by atoms with Gasteiger partial charge in [0.25, 0.3) is 12.0 Å². The molecule has 0 radical (unpaired) electrons. The van der Waals surface area contributed by atoms with Crippen LogP contribution in [-0.2, 0) is 4.74 Å². The molecule has 0 amide bonds. The van der Waals surface area contributed by atoms with Crippen LogP contribution in [0.2, 0.25) is 5.15 Å². The molecule has 0 aliphatic rings. The molecule has 1 aromatic heterocycles. The second kappa shape index (κ2) is 4.61. The first-order chi connectivity index (χ1) is 6.65. The molecule has 0 saturated carbocycles. The lowest BCUT2D eigenvalue weighted by molar-refractivity contribution is 0.393.